The van der Waals surface area contributed by atoms with E-state index in [9.17, 15) is 9.59 Å². The summed E-state index contributed by atoms with van der Waals surface area (Å²) in [5.41, 5.74) is 7.24. The summed E-state index contributed by atoms with van der Waals surface area (Å²) in [5, 5.41) is 14.2. The minimum Gasteiger partial charge on any atom is -0.366 e. The Morgan fingerprint density at radius 3 is 2.60 bits per heavy atom. The van der Waals surface area contributed by atoms with Gasteiger partial charge < -0.3 is 11.1 Å². The summed E-state index contributed by atoms with van der Waals surface area (Å²) in [6.45, 7) is 0.900. The molecule has 128 valence electrons. The number of nitrogens with zero attached hydrogens (tertiary/aromatic N) is 2. The lowest BCUT2D eigenvalue weighted by atomic mass is 10.1. The van der Waals surface area contributed by atoms with Crippen molar-refractivity contribution in [1.82, 2.24) is 4.90 Å². The Balaban J connectivity index is 1.62. The lowest BCUT2D eigenvalue weighted by molar-refractivity contribution is -0.117. The zero-order chi connectivity index (χ0) is 17.8. The molecule has 1 aromatic heterocycles. The fourth-order valence-corrected chi connectivity index (χ4v) is 3.36. The molecule has 0 spiro atoms. The SMILES string of the molecule is N#Cc1ccsc1NC(=O)CN(Cc1ccc(C(N)=O)cc1)C1CC1. The highest BCUT2D eigenvalue weighted by atomic mass is 32.1. The molecule has 6 nitrogen and oxygen atoms in total. The van der Waals surface area contributed by atoms with Crippen LogP contribution in [-0.4, -0.2) is 29.3 Å². The van der Waals surface area contributed by atoms with Gasteiger partial charge in [-0.25, -0.2) is 0 Å². The van der Waals surface area contributed by atoms with Gasteiger partial charge in [-0.15, -0.1) is 11.3 Å². The minimum absolute atomic E-state index is 0.125. The summed E-state index contributed by atoms with van der Waals surface area (Å²) in [7, 11) is 0. The van der Waals surface area contributed by atoms with Crippen LogP contribution in [0.25, 0.3) is 0 Å². The second kappa shape index (κ2) is 7.47. The average Bonchev–Trinajstić information content (AvgIpc) is 3.35. The van der Waals surface area contributed by atoms with E-state index in [0.717, 1.165) is 18.4 Å². The summed E-state index contributed by atoms with van der Waals surface area (Å²) < 4.78 is 0. The van der Waals surface area contributed by atoms with E-state index in [1.807, 2.05) is 12.1 Å². The maximum atomic E-state index is 12.3. The molecule has 3 N–H and O–H groups in total. The summed E-state index contributed by atoms with van der Waals surface area (Å²) in [4.78, 5) is 25.6. The van der Waals surface area contributed by atoms with Crippen LogP contribution in [0.5, 0.6) is 0 Å². The monoisotopic (exact) mass is 354 g/mol. The maximum absolute atomic E-state index is 12.3. The van der Waals surface area contributed by atoms with Gasteiger partial charge in [0.2, 0.25) is 11.8 Å². The van der Waals surface area contributed by atoms with Crippen molar-refractivity contribution < 1.29 is 9.59 Å². The molecule has 0 atom stereocenters. The normalized spacial score (nSPS) is 13.4. The van der Waals surface area contributed by atoms with Crippen LogP contribution in [0.4, 0.5) is 5.00 Å². The van der Waals surface area contributed by atoms with Gasteiger partial charge in [-0.1, -0.05) is 12.1 Å². The molecule has 1 fully saturated rings. The van der Waals surface area contributed by atoms with Crippen molar-refractivity contribution in [3.8, 4) is 6.07 Å². The van der Waals surface area contributed by atoms with E-state index in [1.165, 1.54) is 11.3 Å². The van der Waals surface area contributed by atoms with Crippen molar-refractivity contribution in [2.24, 2.45) is 5.73 Å². The lowest BCUT2D eigenvalue weighted by Gasteiger charge is -2.21. The summed E-state index contributed by atoms with van der Waals surface area (Å²) in [6, 6.07) is 11.3. The largest absolute Gasteiger partial charge is 0.366 e. The van der Waals surface area contributed by atoms with Crippen LogP contribution in [0.3, 0.4) is 0 Å². The van der Waals surface area contributed by atoms with Crippen LogP contribution in [-0.2, 0) is 11.3 Å². The summed E-state index contributed by atoms with van der Waals surface area (Å²) >= 11 is 1.35. The molecule has 2 aromatic rings. The van der Waals surface area contributed by atoms with Crippen LogP contribution in [0.2, 0.25) is 0 Å². The first-order valence-corrected chi connectivity index (χ1v) is 8.85. The molecule has 1 aromatic carbocycles. The number of nitriles is 1. The van der Waals surface area contributed by atoms with Crippen molar-refractivity contribution in [3.63, 3.8) is 0 Å². The Kier molecular flexibility index (Phi) is 5.12. The molecular weight excluding hydrogens is 336 g/mol. The molecular formula is C18H18N4O2S. The molecule has 2 amide bonds. The third-order valence-electron chi connectivity index (χ3n) is 4.07. The van der Waals surface area contributed by atoms with Gasteiger partial charge in [0.05, 0.1) is 12.1 Å². The number of carbonyl (C=O) groups excluding carboxylic acids is 2. The Morgan fingerprint density at radius 1 is 1.28 bits per heavy atom. The van der Waals surface area contributed by atoms with Gasteiger partial charge in [0.1, 0.15) is 11.1 Å². The van der Waals surface area contributed by atoms with Gasteiger partial charge >= 0.3 is 0 Å². The number of nitrogens with two attached hydrogens (primary N) is 1. The number of thiophene rings is 1. The molecule has 7 heteroatoms. The van der Waals surface area contributed by atoms with Crippen molar-refractivity contribution in [2.45, 2.75) is 25.4 Å². The molecule has 0 saturated heterocycles. The number of benzene rings is 1. The predicted octanol–water partition coefficient (Wildman–Crippen LogP) is 2.32. The van der Waals surface area contributed by atoms with Gasteiger partial charge in [-0.2, -0.15) is 5.26 Å². The fourth-order valence-electron chi connectivity index (χ4n) is 2.61. The van der Waals surface area contributed by atoms with Gasteiger partial charge in [-0.05, 0) is 42.0 Å². The first-order chi connectivity index (χ1) is 12.1. The minimum atomic E-state index is -0.450. The van der Waals surface area contributed by atoms with Gasteiger partial charge in [-0.3, -0.25) is 14.5 Å². The molecule has 1 aliphatic carbocycles. The van der Waals surface area contributed by atoms with E-state index in [4.69, 9.17) is 11.0 Å². The number of nitrogens with one attached hydrogen (secondary N) is 1. The second-order valence-electron chi connectivity index (χ2n) is 6.02. The number of hydrogen-bond acceptors (Lipinski definition) is 5. The number of anilines is 1. The van der Waals surface area contributed by atoms with Crippen LogP contribution in [0.15, 0.2) is 35.7 Å². The Bertz CT molecular complexity index is 818. The maximum Gasteiger partial charge on any atom is 0.248 e. The van der Waals surface area contributed by atoms with E-state index in [-0.39, 0.29) is 12.5 Å². The Hall–Kier alpha value is -2.69. The third kappa shape index (κ3) is 4.44. The highest BCUT2D eigenvalue weighted by molar-refractivity contribution is 7.14. The molecule has 25 heavy (non-hydrogen) atoms. The third-order valence-corrected chi connectivity index (χ3v) is 4.90. The van der Waals surface area contributed by atoms with Crippen LogP contribution >= 0.6 is 11.3 Å². The number of amides is 2. The van der Waals surface area contributed by atoms with Crippen LogP contribution in [0, 0.1) is 11.3 Å². The highest BCUT2D eigenvalue weighted by Gasteiger charge is 2.30. The molecule has 0 bridgehead atoms. The Labute approximate surface area is 149 Å². The van der Waals surface area contributed by atoms with E-state index >= 15 is 0 Å². The van der Waals surface area contributed by atoms with Crippen molar-refractivity contribution in [3.05, 3.63) is 52.4 Å². The van der Waals surface area contributed by atoms with Gasteiger partial charge in [0.15, 0.2) is 0 Å². The zero-order valence-corrected chi connectivity index (χ0v) is 14.4. The second-order valence-corrected chi connectivity index (χ2v) is 6.94. The Morgan fingerprint density at radius 2 is 2.00 bits per heavy atom. The fraction of sp³-hybridized carbons (Fsp3) is 0.278. The van der Waals surface area contributed by atoms with Crippen LogP contribution < -0.4 is 11.1 Å². The van der Waals surface area contributed by atoms with E-state index in [1.54, 1.807) is 23.6 Å². The topological polar surface area (TPSA) is 99.2 Å². The van der Waals surface area contributed by atoms with E-state index in [0.29, 0.717) is 28.7 Å². The van der Waals surface area contributed by atoms with Crippen molar-refractivity contribution >= 4 is 28.2 Å². The van der Waals surface area contributed by atoms with E-state index in [2.05, 4.69) is 16.3 Å². The standard InChI is InChI=1S/C18H18N4O2S/c19-9-14-7-8-25-18(14)21-16(23)11-22(15-5-6-15)10-12-1-3-13(4-2-12)17(20)24/h1-4,7-8,15H,5-6,10-11H2,(H2,20,24)(H,21,23). The predicted molar refractivity (Wildman–Crippen MR) is 96.1 cm³/mol. The number of hydrogen-bond donors (Lipinski definition) is 2. The quantitative estimate of drug-likeness (QED) is 0.797. The molecule has 1 saturated carbocycles. The number of rotatable bonds is 7. The van der Waals surface area contributed by atoms with Crippen molar-refractivity contribution in [1.29, 1.82) is 5.26 Å². The molecule has 1 aliphatic rings. The molecule has 0 aliphatic heterocycles. The number of carbonyl (C=O) groups is 2. The lowest BCUT2D eigenvalue weighted by Crippen LogP contribution is -2.34. The molecule has 3 rings (SSSR count). The van der Waals surface area contributed by atoms with Crippen LogP contribution in [0.1, 0.15) is 34.3 Å². The molecule has 1 heterocycles. The molecule has 0 unspecified atom stereocenters. The highest BCUT2D eigenvalue weighted by Crippen LogP contribution is 2.28. The number of primary amides is 1. The van der Waals surface area contributed by atoms with Crippen molar-refractivity contribution in [2.75, 3.05) is 11.9 Å². The van der Waals surface area contributed by atoms with Gasteiger partial charge in [0.25, 0.3) is 0 Å². The van der Waals surface area contributed by atoms with E-state index < -0.39 is 5.91 Å². The zero-order valence-electron chi connectivity index (χ0n) is 13.6. The first-order valence-electron chi connectivity index (χ1n) is 7.97. The first kappa shape index (κ1) is 17.1. The summed E-state index contributed by atoms with van der Waals surface area (Å²) in [5.74, 6) is -0.575. The average molecular weight is 354 g/mol. The smallest absolute Gasteiger partial charge is 0.248 e. The van der Waals surface area contributed by atoms with Gasteiger partial charge in [0, 0.05) is 18.2 Å². The molecule has 0 radical (unpaired) electrons. The summed E-state index contributed by atoms with van der Waals surface area (Å²) in [6.07, 6.45) is 2.16.